The number of ether oxygens (including phenoxy) is 2. The second kappa shape index (κ2) is 6.58. The molecule has 2 fully saturated rings. The van der Waals surface area contributed by atoms with Crippen LogP contribution in [-0.4, -0.2) is 55.6 Å². The molecule has 2 rings (SSSR count). The Morgan fingerprint density at radius 2 is 1.33 bits per heavy atom. The summed E-state index contributed by atoms with van der Waals surface area (Å²) in [6.07, 6.45) is 0.996. The van der Waals surface area contributed by atoms with Crippen molar-refractivity contribution in [1.29, 1.82) is 0 Å². The van der Waals surface area contributed by atoms with Crippen LogP contribution in [0.2, 0.25) is 23.7 Å². The van der Waals surface area contributed by atoms with Gasteiger partial charge in [-0.3, -0.25) is 0 Å². The Kier molecular flexibility index (Phi) is 5.23. The Balaban J connectivity index is 2.41. The third kappa shape index (κ3) is 2.91. The molecule has 6 nitrogen and oxygen atoms in total. The van der Waals surface area contributed by atoms with E-state index in [0.29, 0.717) is 18.8 Å². The normalized spacial score (nSPS) is 26.7. The predicted octanol–water partition coefficient (Wildman–Crippen LogP) is 4.24. The van der Waals surface area contributed by atoms with Crippen LogP contribution in [0.25, 0.3) is 0 Å². The van der Waals surface area contributed by atoms with Gasteiger partial charge in [-0.15, -0.1) is 0 Å². The summed E-state index contributed by atoms with van der Waals surface area (Å²) >= 11 is 0. The summed E-state index contributed by atoms with van der Waals surface area (Å²) in [5.74, 6) is 0. The molecule has 2 bridgehead atoms. The third-order valence-electron chi connectivity index (χ3n) is 6.12. The number of hydrazine groups is 1. The van der Waals surface area contributed by atoms with Gasteiger partial charge in [0.1, 0.15) is 0 Å². The topological polar surface area (TPSA) is 59.1 Å². The number of hydrogen-bond donors (Lipinski definition) is 0. The molecule has 0 aromatic carbocycles. The molecule has 1 saturated carbocycles. The van der Waals surface area contributed by atoms with Crippen molar-refractivity contribution in [2.24, 2.45) is 0 Å². The number of carbonyl (C=O) groups excluding carboxylic acids is 2. The molecule has 1 saturated heterocycles. The highest BCUT2D eigenvalue weighted by Gasteiger charge is 2.63. The summed E-state index contributed by atoms with van der Waals surface area (Å²) in [7, 11) is -1.76. The van der Waals surface area contributed by atoms with Crippen LogP contribution < -0.4 is 0 Å². The van der Waals surface area contributed by atoms with Crippen LogP contribution in [0.15, 0.2) is 0 Å². The number of nitrogens with zero attached hydrogens (tertiary/aromatic N) is 2. The minimum Gasteiger partial charge on any atom is -0.448 e. The van der Waals surface area contributed by atoms with E-state index >= 15 is 0 Å². The second-order valence-electron chi connectivity index (χ2n) is 8.30. The molecule has 1 aliphatic heterocycles. The van der Waals surface area contributed by atoms with Gasteiger partial charge in [0.25, 0.3) is 0 Å². The fourth-order valence-electron chi connectivity index (χ4n) is 4.11. The van der Waals surface area contributed by atoms with Gasteiger partial charge in [-0.2, -0.15) is 0 Å². The summed E-state index contributed by atoms with van der Waals surface area (Å²) < 4.78 is 10.5. The zero-order valence-corrected chi connectivity index (χ0v) is 17.1. The van der Waals surface area contributed by atoms with Gasteiger partial charge in [-0.25, -0.2) is 19.6 Å². The molecule has 138 valence electrons. The fourth-order valence-corrected chi connectivity index (χ4v) is 7.65. The first kappa shape index (κ1) is 19.1. The van der Waals surface area contributed by atoms with E-state index in [1.54, 1.807) is 23.9 Å². The third-order valence-corrected chi connectivity index (χ3v) is 12.4. The highest BCUT2D eigenvalue weighted by atomic mass is 28.3. The van der Waals surface area contributed by atoms with Crippen LogP contribution in [-0.2, 0) is 9.47 Å². The molecule has 7 heteroatoms. The van der Waals surface area contributed by atoms with Gasteiger partial charge in [0.05, 0.1) is 33.4 Å². The number of fused-ring (bicyclic) bond motifs is 2. The SMILES string of the molecule is CCOC(=O)N1[C@@H]2CC[C@@H](C2[Si](C)(C)C(C)(C)C)N1C(=O)OCC. The van der Waals surface area contributed by atoms with Crippen LogP contribution in [0.5, 0.6) is 0 Å². The van der Waals surface area contributed by atoms with Crippen molar-refractivity contribution in [3.8, 4) is 0 Å². The van der Waals surface area contributed by atoms with E-state index in [4.69, 9.17) is 9.47 Å². The van der Waals surface area contributed by atoms with Crippen LogP contribution >= 0.6 is 0 Å². The quantitative estimate of drug-likeness (QED) is 0.710. The van der Waals surface area contributed by atoms with Crippen LogP contribution in [0, 0.1) is 0 Å². The highest BCUT2D eigenvalue weighted by Crippen LogP contribution is 2.57. The zero-order valence-electron chi connectivity index (χ0n) is 16.1. The van der Waals surface area contributed by atoms with Gasteiger partial charge in [0.2, 0.25) is 0 Å². The molecule has 0 radical (unpaired) electrons. The van der Waals surface area contributed by atoms with Crippen molar-refractivity contribution in [3.63, 3.8) is 0 Å². The number of rotatable bonds is 3. The fraction of sp³-hybridized carbons (Fsp3) is 0.882. The Labute approximate surface area is 146 Å². The lowest BCUT2D eigenvalue weighted by Crippen LogP contribution is -2.53. The largest absolute Gasteiger partial charge is 0.448 e. The summed E-state index contributed by atoms with van der Waals surface area (Å²) in [4.78, 5) is 25.1. The second-order valence-corrected chi connectivity index (χ2v) is 13.9. The zero-order chi connectivity index (χ0) is 18.3. The maximum Gasteiger partial charge on any atom is 0.429 e. The molecule has 1 heterocycles. The molecule has 3 atom stereocenters. The molecule has 0 spiro atoms. The minimum atomic E-state index is -1.76. The first-order valence-electron chi connectivity index (χ1n) is 8.99. The molecule has 1 aliphatic carbocycles. The van der Waals surface area contributed by atoms with E-state index in [0.717, 1.165) is 12.8 Å². The Bertz CT molecular complexity index is 471. The summed E-state index contributed by atoms with van der Waals surface area (Å²) in [6.45, 7) is 15.8. The standard InChI is InChI=1S/C17H32N2O4Si/c1-8-22-15(20)18-12-10-11-13(19(18)16(21)23-9-2)14(12)24(6,7)17(3,4)5/h12-14H,8-11H2,1-7H3/t12-,13+,14?. The van der Waals surface area contributed by atoms with Crippen molar-refractivity contribution in [2.45, 2.75) is 83.2 Å². The van der Waals surface area contributed by atoms with Gasteiger partial charge in [0, 0.05) is 0 Å². The number of amides is 2. The first-order chi connectivity index (χ1) is 11.1. The average molecular weight is 357 g/mol. The molecule has 0 aromatic heterocycles. The monoisotopic (exact) mass is 356 g/mol. The number of carbonyl (C=O) groups is 2. The molecule has 0 aromatic rings. The van der Waals surface area contributed by atoms with E-state index in [1.165, 1.54) is 0 Å². The molecule has 2 aliphatic rings. The van der Waals surface area contributed by atoms with Gasteiger partial charge in [0.15, 0.2) is 0 Å². The molecule has 24 heavy (non-hydrogen) atoms. The van der Waals surface area contributed by atoms with Gasteiger partial charge < -0.3 is 9.47 Å². The minimum absolute atomic E-state index is 0.0411. The van der Waals surface area contributed by atoms with E-state index in [-0.39, 0.29) is 17.1 Å². The maximum atomic E-state index is 12.5. The van der Waals surface area contributed by atoms with E-state index in [1.807, 2.05) is 0 Å². The lowest BCUT2D eigenvalue weighted by molar-refractivity contribution is -0.0378. The molecule has 0 N–H and O–H groups in total. The average Bonchev–Trinajstić information content (AvgIpc) is 3.02. The van der Waals surface area contributed by atoms with Crippen molar-refractivity contribution in [3.05, 3.63) is 0 Å². The Hall–Kier alpha value is -1.24. The van der Waals surface area contributed by atoms with Crippen molar-refractivity contribution in [1.82, 2.24) is 10.0 Å². The predicted molar refractivity (Wildman–Crippen MR) is 95.5 cm³/mol. The van der Waals surface area contributed by atoms with Gasteiger partial charge >= 0.3 is 12.2 Å². The summed E-state index contributed by atoms with van der Waals surface area (Å²) in [6, 6.07) is 0.0821. The van der Waals surface area contributed by atoms with Crippen LogP contribution in [0.3, 0.4) is 0 Å². The van der Waals surface area contributed by atoms with Crippen molar-refractivity contribution < 1.29 is 19.1 Å². The number of hydrogen-bond acceptors (Lipinski definition) is 4. The van der Waals surface area contributed by atoms with Crippen molar-refractivity contribution >= 4 is 20.3 Å². The summed E-state index contributed by atoms with van der Waals surface area (Å²) in [5, 5.41) is 3.30. The maximum absolute atomic E-state index is 12.5. The van der Waals surface area contributed by atoms with Gasteiger partial charge in [-0.1, -0.05) is 33.9 Å². The Morgan fingerprint density at radius 3 is 1.62 bits per heavy atom. The smallest absolute Gasteiger partial charge is 0.429 e. The summed E-state index contributed by atoms with van der Waals surface area (Å²) in [5.41, 5.74) is 0.339. The van der Waals surface area contributed by atoms with Crippen LogP contribution in [0.4, 0.5) is 9.59 Å². The van der Waals surface area contributed by atoms with E-state index in [2.05, 4.69) is 33.9 Å². The van der Waals surface area contributed by atoms with E-state index < -0.39 is 20.3 Å². The molecule has 1 unspecified atom stereocenters. The molecule has 2 amide bonds. The van der Waals surface area contributed by atoms with Crippen molar-refractivity contribution in [2.75, 3.05) is 13.2 Å². The molecular weight excluding hydrogens is 324 g/mol. The lowest BCUT2D eigenvalue weighted by Gasteiger charge is -2.43. The van der Waals surface area contributed by atoms with Gasteiger partial charge in [-0.05, 0) is 37.3 Å². The first-order valence-corrected chi connectivity index (χ1v) is 12.1. The highest BCUT2D eigenvalue weighted by molar-refractivity contribution is 6.82. The van der Waals surface area contributed by atoms with Crippen LogP contribution in [0.1, 0.15) is 47.5 Å². The van der Waals surface area contributed by atoms with E-state index in [9.17, 15) is 9.59 Å². The lowest BCUT2D eigenvalue weighted by atomic mass is 10.2. The molecular formula is C17H32N2O4Si. The Morgan fingerprint density at radius 1 is 0.958 bits per heavy atom.